The molecule has 0 spiro atoms. The molecule has 0 unspecified atom stereocenters. The summed E-state index contributed by atoms with van der Waals surface area (Å²) >= 11 is 0. The zero-order valence-corrected chi connectivity index (χ0v) is 17.9. The zero-order valence-electron chi connectivity index (χ0n) is 17.9. The molecule has 0 bridgehead atoms. The Morgan fingerprint density at radius 1 is 0.929 bits per heavy atom. The second-order valence-electron chi connectivity index (χ2n) is 8.01. The van der Waals surface area contributed by atoms with E-state index in [1.807, 2.05) is 0 Å². The van der Waals surface area contributed by atoms with Crippen LogP contribution in [-0.2, 0) is 9.47 Å². The van der Waals surface area contributed by atoms with E-state index < -0.39 is 24.4 Å². The van der Waals surface area contributed by atoms with Gasteiger partial charge in [-0.1, -0.05) is 76.9 Å². The predicted octanol–water partition coefficient (Wildman–Crippen LogP) is 4.13. The van der Waals surface area contributed by atoms with E-state index in [0.29, 0.717) is 6.61 Å². The molecule has 1 saturated heterocycles. The van der Waals surface area contributed by atoms with Crippen molar-refractivity contribution in [3.05, 3.63) is 12.2 Å². The van der Waals surface area contributed by atoms with E-state index in [1.54, 1.807) is 0 Å². The molecule has 3 N–H and O–H groups in total. The highest BCUT2D eigenvalue weighted by molar-refractivity contribution is 4.89. The molecular weight excluding hydrogens is 356 g/mol. The molecule has 0 saturated carbocycles. The number of unbranched alkanes of at least 4 members (excludes halogenated alkanes) is 11. The minimum Gasteiger partial charge on any atom is -0.394 e. The monoisotopic (exact) mass is 400 g/mol. The average molecular weight is 401 g/mol. The molecular formula is C23H44O5. The van der Waals surface area contributed by atoms with E-state index in [4.69, 9.17) is 14.6 Å². The minimum absolute atomic E-state index is 0.155. The fourth-order valence-corrected chi connectivity index (χ4v) is 3.72. The Bertz CT molecular complexity index is 374. The number of ether oxygens (including phenoxy) is 2. The fourth-order valence-electron chi connectivity index (χ4n) is 3.72. The van der Waals surface area contributed by atoms with Gasteiger partial charge in [-0.15, -0.1) is 0 Å². The molecule has 0 aliphatic carbocycles. The summed E-state index contributed by atoms with van der Waals surface area (Å²) in [6, 6.07) is 0. The highest BCUT2D eigenvalue weighted by Crippen LogP contribution is 2.21. The Kier molecular flexibility index (Phi) is 15.9. The van der Waals surface area contributed by atoms with Crippen molar-refractivity contribution in [3.8, 4) is 0 Å². The largest absolute Gasteiger partial charge is 0.394 e. The maximum Gasteiger partial charge on any atom is 0.114 e. The van der Waals surface area contributed by atoms with Gasteiger partial charge >= 0.3 is 0 Å². The third-order valence-corrected chi connectivity index (χ3v) is 5.46. The molecule has 0 aromatic heterocycles. The van der Waals surface area contributed by atoms with Gasteiger partial charge in [0.1, 0.15) is 24.4 Å². The Hall–Kier alpha value is -0.460. The lowest BCUT2D eigenvalue weighted by molar-refractivity contribution is -0.0938. The van der Waals surface area contributed by atoms with Crippen LogP contribution in [0.5, 0.6) is 0 Å². The SMILES string of the molecule is CC/C=C/CCCCCCCCCCCCCO[C@H]1[C@@H]([C@@H](O)CO)OC[C@H]1O. The first-order chi connectivity index (χ1) is 13.7. The molecule has 0 aromatic carbocycles. The van der Waals surface area contributed by atoms with Gasteiger partial charge in [0.15, 0.2) is 0 Å². The molecule has 1 rings (SSSR count). The van der Waals surface area contributed by atoms with Crippen LogP contribution in [0.4, 0.5) is 0 Å². The number of rotatable bonds is 18. The van der Waals surface area contributed by atoms with Crippen LogP contribution in [0.2, 0.25) is 0 Å². The van der Waals surface area contributed by atoms with Gasteiger partial charge in [-0.2, -0.15) is 0 Å². The lowest BCUT2D eigenvalue weighted by atomic mass is 10.0. The summed E-state index contributed by atoms with van der Waals surface area (Å²) < 4.78 is 11.0. The van der Waals surface area contributed by atoms with Crippen molar-refractivity contribution in [1.29, 1.82) is 0 Å². The van der Waals surface area contributed by atoms with Gasteiger partial charge in [0.25, 0.3) is 0 Å². The molecule has 1 aliphatic rings. The Morgan fingerprint density at radius 2 is 1.50 bits per heavy atom. The summed E-state index contributed by atoms with van der Waals surface area (Å²) in [5.74, 6) is 0. The van der Waals surface area contributed by atoms with Crippen molar-refractivity contribution in [2.75, 3.05) is 19.8 Å². The molecule has 1 fully saturated rings. The molecule has 4 atom stereocenters. The number of aliphatic hydroxyl groups excluding tert-OH is 3. The van der Waals surface area contributed by atoms with Crippen LogP contribution in [0.3, 0.4) is 0 Å². The standard InChI is InChI=1S/C23H44O5/c1-2-3-4-5-6-7-8-9-10-11-12-13-14-15-16-17-27-23-21(26)19-28-22(23)20(25)18-24/h3-4,20-26H,2,5-19H2,1H3/b4-3+/t20-,21+,22+,23+/m0/s1. The van der Waals surface area contributed by atoms with Crippen LogP contribution in [0, 0.1) is 0 Å². The van der Waals surface area contributed by atoms with Crippen LogP contribution in [-0.4, -0.2) is 59.6 Å². The molecule has 28 heavy (non-hydrogen) atoms. The number of allylic oxidation sites excluding steroid dienone is 2. The number of hydrogen-bond acceptors (Lipinski definition) is 5. The third kappa shape index (κ3) is 11.5. The Morgan fingerprint density at radius 3 is 2.07 bits per heavy atom. The molecule has 5 heteroatoms. The summed E-state index contributed by atoms with van der Waals surface area (Å²) in [6.07, 6.45) is 18.1. The van der Waals surface area contributed by atoms with E-state index in [-0.39, 0.29) is 13.2 Å². The minimum atomic E-state index is -1.000. The summed E-state index contributed by atoms with van der Waals surface area (Å²) in [7, 11) is 0. The first kappa shape index (κ1) is 25.6. The third-order valence-electron chi connectivity index (χ3n) is 5.46. The van der Waals surface area contributed by atoms with Gasteiger partial charge in [0.05, 0.1) is 13.2 Å². The molecule has 0 aromatic rings. The topological polar surface area (TPSA) is 79.2 Å². The second kappa shape index (κ2) is 17.4. The van der Waals surface area contributed by atoms with Gasteiger partial charge in [-0.3, -0.25) is 0 Å². The van der Waals surface area contributed by atoms with Gasteiger partial charge < -0.3 is 24.8 Å². The van der Waals surface area contributed by atoms with Gasteiger partial charge in [0, 0.05) is 6.61 Å². The highest BCUT2D eigenvalue weighted by Gasteiger charge is 2.40. The molecule has 1 aliphatic heterocycles. The predicted molar refractivity (Wildman–Crippen MR) is 113 cm³/mol. The Labute approximate surface area is 172 Å². The lowest BCUT2D eigenvalue weighted by Gasteiger charge is -2.23. The molecule has 5 nitrogen and oxygen atoms in total. The van der Waals surface area contributed by atoms with Crippen LogP contribution in [0.1, 0.15) is 90.4 Å². The lowest BCUT2D eigenvalue weighted by Crippen LogP contribution is -2.42. The van der Waals surface area contributed by atoms with E-state index in [2.05, 4.69) is 19.1 Å². The van der Waals surface area contributed by atoms with E-state index in [1.165, 1.54) is 64.2 Å². The van der Waals surface area contributed by atoms with Crippen molar-refractivity contribution in [3.63, 3.8) is 0 Å². The zero-order chi connectivity index (χ0) is 20.5. The number of aliphatic hydroxyl groups is 3. The maximum absolute atomic E-state index is 9.88. The van der Waals surface area contributed by atoms with Crippen molar-refractivity contribution in [2.24, 2.45) is 0 Å². The molecule has 1 heterocycles. The average Bonchev–Trinajstić information content (AvgIpc) is 3.07. The normalized spacial score (nSPS) is 23.6. The van der Waals surface area contributed by atoms with E-state index >= 15 is 0 Å². The summed E-state index contributed by atoms with van der Waals surface area (Å²) in [5, 5.41) is 28.6. The summed E-state index contributed by atoms with van der Waals surface area (Å²) in [6.45, 7) is 2.52. The van der Waals surface area contributed by atoms with Crippen molar-refractivity contribution in [1.82, 2.24) is 0 Å². The first-order valence-electron chi connectivity index (χ1n) is 11.6. The maximum atomic E-state index is 9.88. The summed E-state index contributed by atoms with van der Waals surface area (Å²) in [4.78, 5) is 0. The van der Waals surface area contributed by atoms with E-state index in [9.17, 15) is 10.2 Å². The molecule has 166 valence electrons. The van der Waals surface area contributed by atoms with Crippen LogP contribution < -0.4 is 0 Å². The van der Waals surface area contributed by atoms with Gasteiger partial charge in [0.2, 0.25) is 0 Å². The quantitative estimate of drug-likeness (QED) is 0.238. The van der Waals surface area contributed by atoms with Gasteiger partial charge in [-0.05, 0) is 25.7 Å². The number of hydrogen-bond donors (Lipinski definition) is 3. The first-order valence-corrected chi connectivity index (χ1v) is 11.6. The smallest absolute Gasteiger partial charge is 0.114 e. The van der Waals surface area contributed by atoms with Crippen LogP contribution in [0.15, 0.2) is 12.2 Å². The second-order valence-corrected chi connectivity index (χ2v) is 8.01. The Balaban J connectivity index is 1.86. The van der Waals surface area contributed by atoms with Crippen molar-refractivity contribution >= 4 is 0 Å². The van der Waals surface area contributed by atoms with Gasteiger partial charge in [-0.25, -0.2) is 0 Å². The fraction of sp³-hybridized carbons (Fsp3) is 0.913. The van der Waals surface area contributed by atoms with E-state index in [0.717, 1.165) is 19.3 Å². The van der Waals surface area contributed by atoms with Crippen molar-refractivity contribution in [2.45, 2.75) is 115 Å². The van der Waals surface area contributed by atoms with Crippen LogP contribution >= 0.6 is 0 Å². The summed E-state index contributed by atoms with van der Waals surface area (Å²) in [5.41, 5.74) is 0. The molecule has 0 amide bonds. The highest BCUT2D eigenvalue weighted by atomic mass is 16.6. The van der Waals surface area contributed by atoms with Crippen LogP contribution in [0.25, 0.3) is 0 Å². The van der Waals surface area contributed by atoms with Crippen molar-refractivity contribution < 1.29 is 24.8 Å². The molecule has 0 radical (unpaired) electrons.